The summed E-state index contributed by atoms with van der Waals surface area (Å²) in [5, 5.41) is 10.8. The van der Waals surface area contributed by atoms with E-state index in [-0.39, 0.29) is 5.82 Å². The highest BCUT2D eigenvalue weighted by atomic mass is 19.1. The fourth-order valence-corrected chi connectivity index (χ4v) is 0.654. The highest BCUT2D eigenvalue weighted by molar-refractivity contribution is 5.78. The normalized spacial score (nSPS) is 10.5. The lowest BCUT2D eigenvalue weighted by atomic mass is 10.2. The van der Waals surface area contributed by atoms with Crippen molar-refractivity contribution in [2.75, 3.05) is 0 Å². The Balaban J connectivity index is 2.95. The third-order valence-electron chi connectivity index (χ3n) is 1.06. The van der Waals surface area contributed by atoms with Crippen molar-refractivity contribution in [1.82, 2.24) is 0 Å². The molecule has 0 aromatic heterocycles. The van der Waals surface area contributed by atoms with Crippen LogP contribution in [-0.4, -0.2) is 11.4 Å². The van der Waals surface area contributed by atoms with Gasteiger partial charge in [-0.1, -0.05) is 17.3 Å². The van der Waals surface area contributed by atoms with Gasteiger partial charge >= 0.3 is 0 Å². The number of oxime groups is 1. The third-order valence-corrected chi connectivity index (χ3v) is 1.06. The van der Waals surface area contributed by atoms with Crippen molar-refractivity contribution in [1.29, 1.82) is 0 Å². The van der Waals surface area contributed by atoms with Crippen molar-refractivity contribution in [2.45, 2.75) is 0 Å². The van der Waals surface area contributed by atoms with E-state index in [1.807, 2.05) is 0 Å². The second kappa shape index (κ2) is 2.96. The Labute approximate surface area is 57.6 Å². The lowest BCUT2D eigenvalue weighted by Crippen LogP contribution is -1.81. The molecule has 0 atom stereocenters. The first-order valence-electron chi connectivity index (χ1n) is 2.76. The Bertz CT molecular complexity index is 247. The smallest absolute Gasteiger partial charge is 0.123 e. The number of hydrogen-bond donors (Lipinski definition) is 1. The van der Waals surface area contributed by atoms with E-state index in [2.05, 4.69) is 5.16 Å². The molecule has 2 nitrogen and oxygen atoms in total. The van der Waals surface area contributed by atoms with Crippen LogP contribution in [0.2, 0.25) is 0 Å². The van der Waals surface area contributed by atoms with Gasteiger partial charge in [0.2, 0.25) is 0 Å². The van der Waals surface area contributed by atoms with E-state index >= 15 is 0 Å². The Kier molecular flexibility index (Phi) is 1.99. The van der Waals surface area contributed by atoms with Gasteiger partial charge in [-0.3, -0.25) is 0 Å². The Hall–Kier alpha value is -1.38. The predicted molar refractivity (Wildman–Crippen MR) is 35.8 cm³/mol. The Morgan fingerprint density at radius 1 is 1.50 bits per heavy atom. The number of halogens is 1. The van der Waals surface area contributed by atoms with Crippen LogP contribution < -0.4 is 0 Å². The van der Waals surface area contributed by atoms with Crippen LogP contribution in [0.4, 0.5) is 4.39 Å². The summed E-state index contributed by atoms with van der Waals surface area (Å²) in [6.45, 7) is 0. The van der Waals surface area contributed by atoms with Gasteiger partial charge in [0.1, 0.15) is 5.82 Å². The molecule has 0 saturated carbocycles. The maximum Gasteiger partial charge on any atom is 0.123 e. The molecule has 0 aliphatic rings. The molecule has 0 saturated heterocycles. The van der Waals surface area contributed by atoms with Gasteiger partial charge < -0.3 is 5.21 Å². The van der Waals surface area contributed by atoms with Gasteiger partial charge in [-0.25, -0.2) is 4.39 Å². The molecule has 1 aromatic rings. The third kappa shape index (κ3) is 1.55. The molecule has 0 aliphatic carbocycles. The zero-order valence-electron chi connectivity index (χ0n) is 5.16. The predicted octanol–water partition coefficient (Wildman–Crippen LogP) is 1.63. The quantitative estimate of drug-likeness (QED) is 0.358. The number of nitrogens with zero attached hydrogens (tertiary/aromatic N) is 1. The first-order chi connectivity index (χ1) is 4.83. The molecule has 1 N–H and O–H groups in total. The molecular formula is C7H6FNO. The van der Waals surface area contributed by atoms with Crippen LogP contribution in [0.3, 0.4) is 0 Å². The van der Waals surface area contributed by atoms with Gasteiger partial charge in [0.15, 0.2) is 0 Å². The molecule has 0 spiro atoms. The van der Waals surface area contributed by atoms with Crippen LogP contribution in [0.25, 0.3) is 0 Å². The first kappa shape index (κ1) is 6.74. The molecule has 52 valence electrons. The van der Waals surface area contributed by atoms with Crippen LogP contribution in [0.1, 0.15) is 5.56 Å². The lowest BCUT2D eigenvalue weighted by molar-refractivity contribution is 0.322. The maximum atomic E-state index is 12.3. The number of rotatable bonds is 1. The van der Waals surface area contributed by atoms with Crippen molar-refractivity contribution < 1.29 is 9.60 Å². The fourth-order valence-electron chi connectivity index (χ4n) is 0.654. The molecule has 0 amide bonds. The summed E-state index contributed by atoms with van der Waals surface area (Å²) in [5.74, 6) is -0.336. The summed E-state index contributed by atoms with van der Waals surface area (Å²) in [5.41, 5.74) is 0.544. The Morgan fingerprint density at radius 3 is 2.90 bits per heavy atom. The van der Waals surface area contributed by atoms with E-state index in [0.717, 1.165) is 0 Å². The molecule has 0 heterocycles. The minimum absolute atomic E-state index is 0.336. The number of hydrogen-bond acceptors (Lipinski definition) is 2. The standard InChI is InChI=1S/C7H6FNO/c8-7-3-1-2-6(4-7)5-9-10/h1-5,10H/b9-5+. The summed E-state index contributed by atoms with van der Waals surface area (Å²) in [6, 6.07) is 5.80. The van der Waals surface area contributed by atoms with Crippen LogP contribution in [0.15, 0.2) is 29.4 Å². The second-order valence-corrected chi connectivity index (χ2v) is 1.80. The highest BCUT2D eigenvalue weighted by Crippen LogP contribution is 1.99. The summed E-state index contributed by atoms with van der Waals surface area (Å²) >= 11 is 0. The van der Waals surface area contributed by atoms with Gasteiger partial charge in [-0.2, -0.15) is 0 Å². The minimum Gasteiger partial charge on any atom is -0.411 e. The largest absolute Gasteiger partial charge is 0.411 e. The van der Waals surface area contributed by atoms with Crippen LogP contribution in [-0.2, 0) is 0 Å². The molecule has 0 fully saturated rings. The zero-order chi connectivity index (χ0) is 7.40. The van der Waals surface area contributed by atoms with Gasteiger partial charge in [0, 0.05) is 0 Å². The van der Waals surface area contributed by atoms with Gasteiger partial charge in [-0.15, -0.1) is 0 Å². The van der Waals surface area contributed by atoms with Crippen molar-refractivity contribution in [2.24, 2.45) is 5.16 Å². The fraction of sp³-hybridized carbons (Fsp3) is 0. The van der Waals surface area contributed by atoms with Crippen LogP contribution in [0.5, 0.6) is 0 Å². The van der Waals surface area contributed by atoms with Crippen molar-refractivity contribution in [3.05, 3.63) is 35.6 Å². The van der Waals surface area contributed by atoms with E-state index in [0.29, 0.717) is 5.56 Å². The average molecular weight is 139 g/mol. The molecule has 3 heteroatoms. The summed E-state index contributed by atoms with van der Waals surface area (Å²) in [7, 11) is 0. The maximum absolute atomic E-state index is 12.3. The molecule has 1 rings (SSSR count). The van der Waals surface area contributed by atoms with E-state index in [9.17, 15) is 4.39 Å². The van der Waals surface area contributed by atoms with Gasteiger partial charge in [0.25, 0.3) is 0 Å². The van der Waals surface area contributed by atoms with E-state index < -0.39 is 0 Å². The van der Waals surface area contributed by atoms with E-state index in [1.54, 1.807) is 12.1 Å². The summed E-state index contributed by atoms with van der Waals surface area (Å²) in [6.07, 6.45) is 1.17. The summed E-state index contributed by atoms with van der Waals surface area (Å²) in [4.78, 5) is 0. The van der Waals surface area contributed by atoms with E-state index in [4.69, 9.17) is 5.21 Å². The van der Waals surface area contributed by atoms with Crippen molar-refractivity contribution in [3.63, 3.8) is 0 Å². The molecule has 0 aliphatic heterocycles. The SMILES string of the molecule is O/N=C/c1cccc(F)c1. The minimum atomic E-state index is -0.336. The highest BCUT2D eigenvalue weighted by Gasteiger charge is 1.89. The molecule has 10 heavy (non-hydrogen) atoms. The molecular weight excluding hydrogens is 133 g/mol. The van der Waals surface area contributed by atoms with Crippen LogP contribution >= 0.6 is 0 Å². The van der Waals surface area contributed by atoms with Crippen molar-refractivity contribution >= 4 is 6.21 Å². The van der Waals surface area contributed by atoms with Gasteiger partial charge in [-0.05, 0) is 17.7 Å². The second-order valence-electron chi connectivity index (χ2n) is 1.80. The molecule has 0 radical (unpaired) electrons. The summed E-state index contributed by atoms with van der Waals surface area (Å²) < 4.78 is 12.3. The lowest BCUT2D eigenvalue weighted by Gasteiger charge is -1.89. The molecule has 0 bridgehead atoms. The average Bonchev–Trinajstić information content (AvgIpc) is 1.88. The van der Waals surface area contributed by atoms with E-state index in [1.165, 1.54) is 18.3 Å². The van der Waals surface area contributed by atoms with Crippen LogP contribution in [0, 0.1) is 5.82 Å². The van der Waals surface area contributed by atoms with Crippen molar-refractivity contribution in [3.8, 4) is 0 Å². The number of benzene rings is 1. The van der Waals surface area contributed by atoms with Gasteiger partial charge in [0.05, 0.1) is 6.21 Å². The molecule has 1 aromatic carbocycles. The topological polar surface area (TPSA) is 32.6 Å². The monoisotopic (exact) mass is 139 g/mol. The first-order valence-corrected chi connectivity index (χ1v) is 2.76. The molecule has 0 unspecified atom stereocenters. The Morgan fingerprint density at radius 2 is 2.30 bits per heavy atom. The zero-order valence-corrected chi connectivity index (χ0v) is 5.16.